The maximum Gasteiger partial charge on any atom is 0.417 e. The van der Waals surface area contributed by atoms with Crippen molar-refractivity contribution in [3.63, 3.8) is 0 Å². The zero-order valence-corrected chi connectivity index (χ0v) is 17.9. The van der Waals surface area contributed by atoms with Gasteiger partial charge in [0.05, 0.1) is 29.9 Å². The van der Waals surface area contributed by atoms with Gasteiger partial charge in [0, 0.05) is 31.1 Å². The van der Waals surface area contributed by atoms with Gasteiger partial charge >= 0.3 is 12.4 Å². The number of nitrogens with zero attached hydrogens (tertiary/aromatic N) is 2. The summed E-state index contributed by atoms with van der Waals surface area (Å²) in [6.45, 7) is 0.562. The zero-order chi connectivity index (χ0) is 24.1. The fourth-order valence-corrected chi connectivity index (χ4v) is 5.04. The summed E-state index contributed by atoms with van der Waals surface area (Å²) in [5, 5.41) is 0. The second kappa shape index (κ2) is 8.60. The molecule has 2 aromatic rings. The maximum atomic E-state index is 13.3. The van der Waals surface area contributed by atoms with Gasteiger partial charge in [-0.05, 0) is 43.2 Å². The number of ether oxygens (including phenoxy) is 3. The van der Waals surface area contributed by atoms with Crippen molar-refractivity contribution in [2.75, 3.05) is 18.1 Å². The number of piperidine rings is 1. The molecular weight excluding hydrogens is 466 g/mol. The van der Waals surface area contributed by atoms with Gasteiger partial charge in [0.15, 0.2) is 6.29 Å². The molecule has 5 nitrogen and oxygen atoms in total. The van der Waals surface area contributed by atoms with Gasteiger partial charge < -0.3 is 19.1 Å². The fourth-order valence-electron chi connectivity index (χ4n) is 5.04. The normalized spacial score (nSPS) is 25.7. The highest BCUT2D eigenvalue weighted by atomic mass is 19.4. The smallest absolute Gasteiger partial charge is 0.417 e. The highest BCUT2D eigenvalue weighted by molar-refractivity contribution is 5.45. The van der Waals surface area contributed by atoms with Crippen molar-refractivity contribution >= 4 is 5.82 Å². The van der Waals surface area contributed by atoms with E-state index in [1.54, 1.807) is 0 Å². The minimum Gasteiger partial charge on any atom is -0.490 e. The van der Waals surface area contributed by atoms with Crippen LogP contribution in [0.15, 0.2) is 36.5 Å². The largest absolute Gasteiger partial charge is 0.490 e. The molecular formula is C23H22F6N2O3. The minimum absolute atomic E-state index is 0.0184. The van der Waals surface area contributed by atoms with E-state index in [0.717, 1.165) is 37.2 Å². The average Bonchev–Trinajstić information content (AvgIpc) is 3.39. The average molecular weight is 488 g/mol. The van der Waals surface area contributed by atoms with Crippen molar-refractivity contribution in [3.8, 4) is 5.75 Å². The first kappa shape index (κ1) is 23.2. The van der Waals surface area contributed by atoms with Crippen LogP contribution in [-0.2, 0) is 21.8 Å². The SMILES string of the molecule is FC(F)(F)c1ccc(N2[C@@H]3CC[C@H]2C[C@@H](Oc2ccc(C(F)(F)F)cc2C2OCCO2)C3)nc1. The molecule has 3 atom stereocenters. The van der Waals surface area contributed by atoms with E-state index in [0.29, 0.717) is 18.7 Å². The second-order valence-corrected chi connectivity index (χ2v) is 8.73. The third-order valence-electron chi connectivity index (χ3n) is 6.54. The zero-order valence-electron chi connectivity index (χ0n) is 17.9. The first-order chi connectivity index (χ1) is 16.1. The fraction of sp³-hybridized carbons (Fsp3) is 0.522. The number of anilines is 1. The van der Waals surface area contributed by atoms with E-state index in [1.807, 2.05) is 4.90 Å². The summed E-state index contributed by atoms with van der Waals surface area (Å²) >= 11 is 0. The van der Waals surface area contributed by atoms with E-state index in [1.165, 1.54) is 12.1 Å². The van der Waals surface area contributed by atoms with E-state index < -0.39 is 29.8 Å². The van der Waals surface area contributed by atoms with Crippen LogP contribution in [0.4, 0.5) is 32.2 Å². The second-order valence-electron chi connectivity index (χ2n) is 8.73. The van der Waals surface area contributed by atoms with Gasteiger partial charge in [-0.2, -0.15) is 26.3 Å². The first-order valence-electron chi connectivity index (χ1n) is 11.0. The van der Waals surface area contributed by atoms with Crippen molar-refractivity contribution in [1.29, 1.82) is 0 Å². The minimum atomic E-state index is -4.51. The third kappa shape index (κ3) is 4.55. The van der Waals surface area contributed by atoms with Crippen LogP contribution in [0.3, 0.4) is 0 Å². The van der Waals surface area contributed by atoms with Crippen molar-refractivity contribution in [2.24, 2.45) is 0 Å². The summed E-state index contributed by atoms with van der Waals surface area (Å²) in [5.74, 6) is 0.771. The number of fused-ring (bicyclic) bond motifs is 2. The Labute approximate surface area is 191 Å². The van der Waals surface area contributed by atoms with Crippen LogP contribution in [-0.4, -0.2) is 36.4 Å². The Morgan fingerprint density at radius 1 is 0.853 bits per heavy atom. The summed E-state index contributed by atoms with van der Waals surface area (Å²) in [5.41, 5.74) is -1.41. The molecule has 5 rings (SSSR count). The Morgan fingerprint density at radius 2 is 1.47 bits per heavy atom. The number of pyridine rings is 1. The van der Waals surface area contributed by atoms with E-state index in [2.05, 4.69) is 4.98 Å². The van der Waals surface area contributed by atoms with Gasteiger partial charge in [-0.25, -0.2) is 4.98 Å². The lowest BCUT2D eigenvalue weighted by Crippen LogP contribution is -2.47. The maximum absolute atomic E-state index is 13.3. The lowest BCUT2D eigenvalue weighted by atomic mass is 9.99. The van der Waals surface area contributed by atoms with E-state index in [-0.39, 0.29) is 42.7 Å². The first-order valence-corrected chi connectivity index (χ1v) is 11.0. The molecule has 1 aromatic carbocycles. The molecule has 3 aliphatic heterocycles. The van der Waals surface area contributed by atoms with Gasteiger partial charge in [0.1, 0.15) is 17.7 Å². The number of hydrogen-bond donors (Lipinski definition) is 0. The quantitative estimate of drug-likeness (QED) is 0.514. The van der Waals surface area contributed by atoms with Crippen molar-refractivity contribution in [3.05, 3.63) is 53.2 Å². The number of halogens is 6. The van der Waals surface area contributed by atoms with Crippen LogP contribution in [0.2, 0.25) is 0 Å². The van der Waals surface area contributed by atoms with E-state index in [9.17, 15) is 26.3 Å². The van der Waals surface area contributed by atoms with Gasteiger partial charge in [-0.1, -0.05) is 0 Å². The summed E-state index contributed by atoms with van der Waals surface area (Å²) in [6.07, 6.45) is -6.48. The van der Waals surface area contributed by atoms with Crippen LogP contribution in [0.25, 0.3) is 0 Å². The molecule has 2 bridgehead atoms. The lowest BCUT2D eigenvalue weighted by molar-refractivity contribution is -0.138. The lowest BCUT2D eigenvalue weighted by Gasteiger charge is -2.40. The Bertz CT molecular complexity index is 1010. The summed E-state index contributed by atoms with van der Waals surface area (Å²) in [6, 6.07) is 5.73. The third-order valence-corrected chi connectivity index (χ3v) is 6.54. The highest BCUT2D eigenvalue weighted by Crippen LogP contribution is 2.43. The van der Waals surface area contributed by atoms with Gasteiger partial charge in [-0.3, -0.25) is 0 Å². The standard InChI is InChI=1S/C23H22F6N2O3/c24-22(25,26)13-1-5-19(18(9-13)21-32-7-8-33-21)34-17-10-15-3-4-16(11-17)31(15)20-6-2-14(12-30-20)23(27,28)29/h1-2,5-6,9,12,15-17,21H,3-4,7-8,10-11H2/t15-,16+,17+. The summed E-state index contributed by atoms with van der Waals surface area (Å²) < 4.78 is 95.4. The number of benzene rings is 1. The molecule has 3 aliphatic rings. The topological polar surface area (TPSA) is 43.8 Å². The van der Waals surface area contributed by atoms with Gasteiger partial charge in [0.2, 0.25) is 0 Å². The van der Waals surface area contributed by atoms with E-state index in [4.69, 9.17) is 14.2 Å². The molecule has 1 aromatic heterocycles. The van der Waals surface area contributed by atoms with Crippen LogP contribution < -0.4 is 9.64 Å². The molecule has 3 saturated heterocycles. The number of aromatic nitrogens is 1. The molecule has 0 spiro atoms. The number of rotatable bonds is 4. The molecule has 0 radical (unpaired) electrons. The molecule has 0 unspecified atom stereocenters. The van der Waals surface area contributed by atoms with Crippen molar-refractivity contribution in [2.45, 2.75) is 62.5 Å². The molecule has 4 heterocycles. The number of alkyl halides is 6. The molecule has 0 N–H and O–H groups in total. The van der Waals surface area contributed by atoms with Crippen LogP contribution in [0.5, 0.6) is 5.75 Å². The molecule has 0 saturated carbocycles. The van der Waals surface area contributed by atoms with Crippen LogP contribution in [0.1, 0.15) is 48.7 Å². The Morgan fingerprint density at radius 3 is 2.03 bits per heavy atom. The number of hydrogen-bond acceptors (Lipinski definition) is 5. The Hall–Kier alpha value is -2.53. The van der Waals surface area contributed by atoms with Crippen molar-refractivity contribution in [1.82, 2.24) is 4.98 Å². The monoisotopic (exact) mass is 488 g/mol. The van der Waals surface area contributed by atoms with E-state index >= 15 is 0 Å². The Kier molecular flexibility index (Phi) is 5.87. The predicted molar refractivity (Wildman–Crippen MR) is 108 cm³/mol. The highest BCUT2D eigenvalue weighted by Gasteiger charge is 2.43. The Balaban J connectivity index is 1.33. The molecule has 184 valence electrons. The molecule has 0 aliphatic carbocycles. The molecule has 0 amide bonds. The molecule has 3 fully saturated rings. The summed E-state index contributed by atoms with van der Waals surface area (Å²) in [7, 11) is 0. The predicted octanol–water partition coefficient (Wildman–Crippen LogP) is 5.74. The van der Waals surface area contributed by atoms with Crippen LogP contribution >= 0.6 is 0 Å². The van der Waals surface area contributed by atoms with Gasteiger partial charge in [0.25, 0.3) is 0 Å². The van der Waals surface area contributed by atoms with Crippen molar-refractivity contribution < 1.29 is 40.6 Å². The molecule has 11 heteroatoms. The summed E-state index contributed by atoms with van der Waals surface area (Å²) in [4.78, 5) is 6.08. The van der Waals surface area contributed by atoms with Gasteiger partial charge in [-0.15, -0.1) is 0 Å². The van der Waals surface area contributed by atoms with Crippen LogP contribution in [0, 0.1) is 0 Å². The molecule has 34 heavy (non-hydrogen) atoms.